The van der Waals surface area contributed by atoms with E-state index in [2.05, 4.69) is 10.6 Å². The summed E-state index contributed by atoms with van der Waals surface area (Å²) >= 11 is 0. The molecule has 2 aliphatic rings. The van der Waals surface area contributed by atoms with Gasteiger partial charge in [-0.25, -0.2) is 0 Å². The van der Waals surface area contributed by atoms with E-state index < -0.39 is 0 Å². The van der Waals surface area contributed by atoms with Crippen molar-refractivity contribution in [3.8, 4) is 5.75 Å². The van der Waals surface area contributed by atoms with Crippen LogP contribution in [0.25, 0.3) is 0 Å². The summed E-state index contributed by atoms with van der Waals surface area (Å²) in [5, 5.41) is 15.9. The SMILES string of the molecule is O=C(CNC1(CO)CCCC1)NC1CCOc2ccccc21. The first kappa shape index (κ1) is 15.3. The predicted molar refractivity (Wildman–Crippen MR) is 83.7 cm³/mol. The zero-order valence-electron chi connectivity index (χ0n) is 12.8. The molecule has 0 spiro atoms. The Morgan fingerprint density at radius 1 is 1.32 bits per heavy atom. The van der Waals surface area contributed by atoms with Gasteiger partial charge in [0.2, 0.25) is 5.91 Å². The summed E-state index contributed by atoms with van der Waals surface area (Å²) < 4.78 is 5.61. The molecule has 1 aliphatic heterocycles. The molecule has 0 saturated heterocycles. The molecule has 1 saturated carbocycles. The van der Waals surface area contributed by atoms with Crippen molar-refractivity contribution in [2.45, 2.75) is 43.7 Å². The summed E-state index contributed by atoms with van der Waals surface area (Å²) in [7, 11) is 0. The number of para-hydroxylation sites is 1. The minimum absolute atomic E-state index is 0.00732. The van der Waals surface area contributed by atoms with Crippen LogP contribution >= 0.6 is 0 Å². The van der Waals surface area contributed by atoms with Crippen LogP contribution in [0.3, 0.4) is 0 Å². The van der Waals surface area contributed by atoms with Crippen LogP contribution in [0.1, 0.15) is 43.7 Å². The second-order valence-corrected chi connectivity index (χ2v) is 6.29. The van der Waals surface area contributed by atoms with Crippen LogP contribution < -0.4 is 15.4 Å². The van der Waals surface area contributed by atoms with Crippen molar-refractivity contribution in [2.75, 3.05) is 19.8 Å². The molecule has 1 aromatic rings. The Balaban J connectivity index is 1.56. The standard InChI is InChI=1S/C17H24N2O3/c20-12-17(8-3-4-9-17)18-11-16(21)19-14-7-10-22-15-6-2-1-5-13(14)15/h1-2,5-6,14,18,20H,3-4,7-12H2,(H,19,21). The van der Waals surface area contributed by atoms with Crippen molar-refractivity contribution in [3.05, 3.63) is 29.8 Å². The first-order chi connectivity index (χ1) is 10.7. The zero-order chi connectivity index (χ0) is 15.4. The average molecular weight is 304 g/mol. The summed E-state index contributed by atoms with van der Waals surface area (Å²) in [6.07, 6.45) is 4.90. The highest BCUT2D eigenvalue weighted by Crippen LogP contribution is 2.31. The van der Waals surface area contributed by atoms with Crippen LogP contribution in [0.15, 0.2) is 24.3 Å². The quantitative estimate of drug-likeness (QED) is 0.771. The Bertz CT molecular complexity index is 526. The van der Waals surface area contributed by atoms with Gasteiger partial charge in [0.1, 0.15) is 5.75 Å². The molecule has 3 rings (SSSR count). The maximum atomic E-state index is 12.2. The average Bonchev–Trinajstić information content (AvgIpc) is 3.03. The number of carbonyl (C=O) groups excluding carboxylic acids is 1. The number of rotatable bonds is 5. The van der Waals surface area contributed by atoms with Crippen LogP contribution in [-0.2, 0) is 4.79 Å². The van der Waals surface area contributed by atoms with E-state index in [1.54, 1.807) is 0 Å². The van der Waals surface area contributed by atoms with E-state index in [4.69, 9.17) is 4.74 Å². The zero-order valence-corrected chi connectivity index (χ0v) is 12.8. The fourth-order valence-electron chi connectivity index (χ4n) is 3.45. The topological polar surface area (TPSA) is 70.6 Å². The van der Waals surface area contributed by atoms with Crippen molar-refractivity contribution in [1.82, 2.24) is 10.6 Å². The molecule has 5 heteroatoms. The molecule has 1 atom stereocenters. The summed E-state index contributed by atoms with van der Waals surface area (Å²) in [6, 6.07) is 7.84. The molecule has 1 amide bonds. The number of hydrogen-bond donors (Lipinski definition) is 3. The number of amides is 1. The van der Waals surface area contributed by atoms with Gasteiger partial charge in [0.25, 0.3) is 0 Å². The molecule has 1 heterocycles. The third-order valence-corrected chi connectivity index (χ3v) is 4.78. The Morgan fingerprint density at radius 2 is 2.09 bits per heavy atom. The fraction of sp³-hybridized carbons (Fsp3) is 0.588. The number of aliphatic hydroxyl groups excluding tert-OH is 1. The molecule has 5 nitrogen and oxygen atoms in total. The lowest BCUT2D eigenvalue weighted by molar-refractivity contribution is -0.121. The predicted octanol–water partition coefficient (Wildman–Crippen LogP) is 1.52. The number of hydrogen-bond acceptors (Lipinski definition) is 4. The maximum Gasteiger partial charge on any atom is 0.234 e. The van der Waals surface area contributed by atoms with Gasteiger partial charge in [-0.05, 0) is 18.9 Å². The van der Waals surface area contributed by atoms with Gasteiger partial charge in [0.15, 0.2) is 0 Å². The van der Waals surface area contributed by atoms with Gasteiger partial charge in [-0.1, -0.05) is 31.0 Å². The molecular formula is C17H24N2O3. The van der Waals surface area contributed by atoms with Crippen molar-refractivity contribution >= 4 is 5.91 Å². The highest BCUT2D eigenvalue weighted by molar-refractivity contribution is 5.78. The summed E-state index contributed by atoms with van der Waals surface area (Å²) in [5.74, 6) is 0.830. The summed E-state index contributed by atoms with van der Waals surface area (Å²) in [6.45, 7) is 0.969. The first-order valence-electron chi connectivity index (χ1n) is 8.09. The smallest absolute Gasteiger partial charge is 0.234 e. The molecule has 0 bridgehead atoms. The summed E-state index contributed by atoms with van der Waals surface area (Å²) in [4.78, 5) is 12.2. The van der Waals surface area contributed by atoms with Gasteiger partial charge in [-0.2, -0.15) is 0 Å². The number of aliphatic hydroxyl groups is 1. The molecular weight excluding hydrogens is 280 g/mol. The third-order valence-electron chi connectivity index (χ3n) is 4.78. The van der Waals surface area contributed by atoms with E-state index >= 15 is 0 Å². The molecule has 120 valence electrons. The van der Waals surface area contributed by atoms with Crippen LogP contribution in [0.2, 0.25) is 0 Å². The number of nitrogens with one attached hydrogen (secondary N) is 2. The summed E-state index contributed by atoms with van der Waals surface area (Å²) in [5.41, 5.74) is 0.783. The van der Waals surface area contributed by atoms with Crippen molar-refractivity contribution in [1.29, 1.82) is 0 Å². The van der Waals surface area contributed by atoms with E-state index in [1.165, 1.54) is 0 Å². The molecule has 1 fully saturated rings. The Hall–Kier alpha value is -1.59. The van der Waals surface area contributed by atoms with E-state index in [1.807, 2.05) is 24.3 Å². The van der Waals surface area contributed by atoms with Gasteiger partial charge in [0.05, 0.1) is 25.8 Å². The fourth-order valence-corrected chi connectivity index (χ4v) is 3.45. The maximum absolute atomic E-state index is 12.2. The second-order valence-electron chi connectivity index (χ2n) is 6.29. The molecule has 0 radical (unpaired) electrons. The van der Waals surface area contributed by atoms with Crippen molar-refractivity contribution < 1.29 is 14.6 Å². The molecule has 22 heavy (non-hydrogen) atoms. The highest BCUT2D eigenvalue weighted by Gasteiger charge is 2.33. The minimum atomic E-state index is -0.259. The lowest BCUT2D eigenvalue weighted by atomic mass is 9.98. The largest absolute Gasteiger partial charge is 0.493 e. The molecule has 1 aliphatic carbocycles. The Kier molecular flexibility index (Phi) is 4.64. The monoisotopic (exact) mass is 304 g/mol. The van der Waals surface area contributed by atoms with Gasteiger partial charge in [-0.3, -0.25) is 4.79 Å². The number of carbonyl (C=O) groups is 1. The molecule has 1 unspecified atom stereocenters. The number of fused-ring (bicyclic) bond motifs is 1. The van der Waals surface area contributed by atoms with Gasteiger partial charge >= 0.3 is 0 Å². The molecule has 3 N–H and O–H groups in total. The Labute approximate surface area is 131 Å². The highest BCUT2D eigenvalue weighted by atomic mass is 16.5. The molecule has 1 aromatic carbocycles. The van der Waals surface area contributed by atoms with Gasteiger partial charge in [0, 0.05) is 17.5 Å². The normalized spacial score (nSPS) is 22.7. The van der Waals surface area contributed by atoms with E-state index in [-0.39, 0.29) is 30.6 Å². The Morgan fingerprint density at radius 3 is 2.86 bits per heavy atom. The lowest BCUT2D eigenvalue weighted by Crippen LogP contribution is -2.50. The van der Waals surface area contributed by atoms with E-state index in [9.17, 15) is 9.90 Å². The lowest BCUT2D eigenvalue weighted by Gasteiger charge is -2.29. The van der Waals surface area contributed by atoms with Crippen LogP contribution in [-0.4, -0.2) is 36.3 Å². The molecule has 0 aromatic heterocycles. The van der Waals surface area contributed by atoms with Gasteiger partial charge < -0.3 is 20.5 Å². The number of ether oxygens (including phenoxy) is 1. The third kappa shape index (κ3) is 3.25. The van der Waals surface area contributed by atoms with E-state index in [0.717, 1.165) is 43.4 Å². The van der Waals surface area contributed by atoms with Crippen molar-refractivity contribution in [3.63, 3.8) is 0 Å². The second kappa shape index (κ2) is 6.67. The van der Waals surface area contributed by atoms with Crippen LogP contribution in [0.5, 0.6) is 5.75 Å². The van der Waals surface area contributed by atoms with E-state index in [0.29, 0.717) is 6.61 Å². The number of benzene rings is 1. The first-order valence-corrected chi connectivity index (χ1v) is 8.09. The van der Waals surface area contributed by atoms with Crippen LogP contribution in [0.4, 0.5) is 0 Å². The van der Waals surface area contributed by atoms with Crippen molar-refractivity contribution in [2.24, 2.45) is 0 Å². The van der Waals surface area contributed by atoms with Gasteiger partial charge in [-0.15, -0.1) is 0 Å². The minimum Gasteiger partial charge on any atom is -0.493 e. The van der Waals surface area contributed by atoms with Crippen LogP contribution in [0, 0.1) is 0 Å².